The molecule has 5 nitrogen and oxygen atoms in total. The Morgan fingerprint density at radius 2 is 2.05 bits per heavy atom. The van der Waals surface area contributed by atoms with Gasteiger partial charge in [0.15, 0.2) is 5.82 Å². The molecule has 118 valence electrons. The van der Waals surface area contributed by atoms with E-state index >= 15 is 0 Å². The molecule has 0 radical (unpaired) electrons. The lowest BCUT2D eigenvalue weighted by atomic mass is 9.99. The van der Waals surface area contributed by atoms with Crippen LogP contribution in [-0.2, 0) is 14.8 Å². The fourth-order valence-electron chi connectivity index (χ4n) is 2.46. The van der Waals surface area contributed by atoms with Gasteiger partial charge in [-0.2, -0.15) is 4.31 Å². The van der Waals surface area contributed by atoms with Crippen molar-refractivity contribution in [3.8, 4) is 0 Å². The molecule has 1 aliphatic rings. The SMILES string of the molecule is COCC1CCN(S(=O)(=O)c2cc(Cl)cc(N)c2F)CC1. The van der Waals surface area contributed by atoms with Crippen LogP contribution in [0.4, 0.5) is 10.1 Å². The van der Waals surface area contributed by atoms with E-state index in [1.807, 2.05) is 0 Å². The van der Waals surface area contributed by atoms with E-state index in [1.54, 1.807) is 7.11 Å². The summed E-state index contributed by atoms with van der Waals surface area (Å²) in [7, 11) is -2.30. The van der Waals surface area contributed by atoms with E-state index < -0.39 is 20.7 Å². The molecular weight excluding hydrogens is 319 g/mol. The van der Waals surface area contributed by atoms with Crippen molar-refractivity contribution in [2.24, 2.45) is 5.92 Å². The molecule has 1 aromatic carbocycles. The lowest BCUT2D eigenvalue weighted by molar-refractivity contribution is 0.121. The van der Waals surface area contributed by atoms with Gasteiger partial charge < -0.3 is 10.5 Å². The minimum absolute atomic E-state index is 0.0988. The second kappa shape index (κ2) is 6.48. The Balaban J connectivity index is 2.24. The molecule has 2 N–H and O–H groups in total. The second-order valence-electron chi connectivity index (χ2n) is 5.11. The summed E-state index contributed by atoms with van der Waals surface area (Å²) >= 11 is 5.79. The van der Waals surface area contributed by atoms with E-state index in [2.05, 4.69) is 0 Å². The lowest BCUT2D eigenvalue weighted by Crippen LogP contribution is -2.39. The molecule has 1 heterocycles. The third-order valence-electron chi connectivity index (χ3n) is 3.63. The number of hydrogen-bond donors (Lipinski definition) is 1. The third-order valence-corrected chi connectivity index (χ3v) is 5.74. The maximum absolute atomic E-state index is 14.0. The summed E-state index contributed by atoms with van der Waals surface area (Å²) < 4.78 is 45.4. The van der Waals surface area contributed by atoms with Crippen LogP contribution in [0.15, 0.2) is 17.0 Å². The fraction of sp³-hybridized carbons (Fsp3) is 0.538. The van der Waals surface area contributed by atoms with Crippen molar-refractivity contribution in [3.05, 3.63) is 23.0 Å². The van der Waals surface area contributed by atoms with Crippen molar-refractivity contribution in [3.63, 3.8) is 0 Å². The molecule has 1 saturated heterocycles. The molecule has 1 aromatic rings. The van der Waals surface area contributed by atoms with Crippen LogP contribution in [0.5, 0.6) is 0 Å². The maximum atomic E-state index is 14.0. The van der Waals surface area contributed by atoms with Gasteiger partial charge in [-0.3, -0.25) is 0 Å². The molecule has 0 spiro atoms. The van der Waals surface area contributed by atoms with E-state index in [9.17, 15) is 12.8 Å². The van der Waals surface area contributed by atoms with Gasteiger partial charge in [-0.05, 0) is 30.9 Å². The highest BCUT2D eigenvalue weighted by molar-refractivity contribution is 7.89. The molecule has 2 rings (SSSR count). The number of sulfonamides is 1. The normalized spacial score (nSPS) is 18.0. The van der Waals surface area contributed by atoms with Gasteiger partial charge in [-0.15, -0.1) is 0 Å². The predicted molar refractivity (Wildman–Crippen MR) is 79.2 cm³/mol. The van der Waals surface area contributed by atoms with Crippen LogP contribution in [-0.4, -0.2) is 39.5 Å². The number of halogens is 2. The monoisotopic (exact) mass is 336 g/mol. The molecule has 21 heavy (non-hydrogen) atoms. The standard InChI is InChI=1S/C13H18ClFN2O3S/c1-20-8-9-2-4-17(5-3-9)21(18,19)12-7-10(14)6-11(16)13(12)15/h6-7,9H,2-5,8,16H2,1H3. The molecule has 0 unspecified atom stereocenters. The number of benzene rings is 1. The largest absolute Gasteiger partial charge is 0.396 e. The van der Waals surface area contributed by atoms with Crippen molar-refractivity contribution < 1.29 is 17.5 Å². The van der Waals surface area contributed by atoms with Gasteiger partial charge in [0, 0.05) is 31.8 Å². The number of nitrogens with two attached hydrogens (primary N) is 1. The van der Waals surface area contributed by atoms with Gasteiger partial charge in [0.2, 0.25) is 10.0 Å². The number of methoxy groups -OCH3 is 1. The summed E-state index contributed by atoms with van der Waals surface area (Å²) in [6, 6.07) is 2.30. The summed E-state index contributed by atoms with van der Waals surface area (Å²) in [5.74, 6) is -0.617. The first kappa shape index (κ1) is 16.5. The first-order chi connectivity index (χ1) is 9.86. The Bertz CT molecular complexity index is 616. The Labute approximate surface area is 128 Å². The van der Waals surface area contributed by atoms with Crippen molar-refractivity contribution in [2.45, 2.75) is 17.7 Å². The highest BCUT2D eigenvalue weighted by atomic mass is 35.5. The molecule has 0 bridgehead atoms. The van der Waals surface area contributed by atoms with E-state index in [4.69, 9.17) is 22.1 Å². The lowest BCUT2D eigenvalue weighted by Gasteiger charge is -2.31. The first-order valence-electron chi connectivity index (χ1n) is 6.60. The molecule has 0 amide bonds. The van der Waals surface area contributed by atoms with Crippen molar-refractivity contribution in [1.82, 2.24) is 4.31 Å². The van der Waals surface area contributed by atoms with Gasteiger partial charge in [-0.25, -0.2) is 12.8 Å². The molecule has 1 fully saturated rings. The molecule has 0 saturated carbocycles. The van der Waals surface area contributed by atoms with Gasteiger partial charge >= 0.3 is 0 Å². The van der Waals surface area contributed by atoms with Crippen LogP contribution < -0.4 is 5.73 Å². The topological polar surface area (TPSA) is 72.6 Å². The number of anilines is 1. The van der Waals surface area contributed by atoms with E-state index in [0.717, 1.165) is 6.07 Å². The van der Waals surface area contributed by atoms with Crippen LogP contribution in [0.1, 0.15) is 12.8 Å². The average Bonchev–Trinajstić information content (AvgIpc) is 2.43. The van der Waals surface area contributed by atoms with Gasteiger partial charge in [-0.1, -0.05) is 11.6 Å². The van der Waals surface area contributed by atoms with Gasteiger partial charge in [0.25, 0.3) is 0 Å². The highest BCUT2D eigenvalue weighted by Crippen LogP contribution is 2.30. The molecule has 0 aliphatic carbocycles. The number of nitrogen functional groups attached to an aromatic ring is 1. The highest BCUT2D eigenvalue weighted by Gasteiger charge is 2.32. The van der Waals surface area contributed by atoms with Crippen molar-refractivity contribution in [1.29, 1.82) is 0 Å². The van der Waals surface area contributed by atoms with Crippen LogP contribution in [0.25, 0.3) is 0 Å². The van der Waals surface area contributed by atoms with Crippen molar-refractivity contribution >= 4 is 27.3 Å². The number of rotatable bonds is 4. The van der Waals surface area contributed by atoms with Gasteiger partial charge in [0.05, 0.1) is 5.69 Å². The smallest absolute Gasteiger partial charge is 0.246 e. The predicted octanol–water partition coefficient (Wildman–Crippen LogP) is 2.11. The quantitative estimate of drug-likeness (QED) is 0.855. The Hall–Kier alpha value is -0.890. The number of piperidine rings is 1. The van der Waals surface area contributed by atoms with Gasteiger partial charge in [0.1, 0.15) is 4.90 Å². The number of nitrogens with zero attached hydrogens (tertiary/aromatic N) is 1. The zero-order chi connectivity index (χ0) is 15.6. The number of hydrogen-bond acceptors (Lipinski definition) is 4. The fourth-order valence-corrected chi connectivity index (χ4v) is 4.34. The minimum atomic E-state index is -3.92. The Morgan fingerprint density at radius 1 is 1.43 bits per heavy atom. The van der Waals surface area contributed by atoms with Crippen LogP contribution >= 0.6 is 11.6 Å². The first-order valence-corrected chi connectivity index (χ1v) is 8.41. The van der Waals surface area contributed by atoms with Crippen LogP contribution in [0.2, 0.25) is 5.02 Å². The van der Waals surface area contributed by atoms with Crippen molar-refractivity contribution in [2.75, 3.05) is 32.5 Å². The van der Waals surface area contributed by atoms with E-state index in [-0.39, 0.29) is 10.7 Å². The maximum Gasteiger partial charge on any atom is 0.246 e. The summed E-state index contributed by atoms with van der Waals surface area (Å²) in [4.78, 5) is -0.460. The van der Waals surface area contributed by atoms with Crippen LogP contribution in [0.3, 0.4) is 0 Å². The third kappa shape index (κ3) is 3.48. The molecule has 0 atom stereocenters. The molecule has 1 aliphatic heterocycles. The zero-order valence-electron chi connectivity index (χ0n) is 11.7. The van der Waals surface area contributed by atoms with E-state index in [1.165, 1.54) is 10.4 Å². The Kier molecular flexibility index (Phi) is 5.08. The summed E-state index contributed by atoms with van der Waals surface area (Å²) in [6.07, 6.45) is 1.37. The zero-order valence-corrected chi connectivity index (χ0v) is 13.3. The summed E-state index contributed by atoms with van der Waals surface area (Å²) in [6.45, 7) is 1.27. The van der Waals surface area contributed by atoms with Crippen LogP contribution in [0, 0.1) is 11.7 Å². The molecular formula is C13H18ClFN2O3S. The summed E-state index contributed by atoms with van der Waals surface area (Å²) in [5.41, 5.74) is 5.18. The average molecular weight is 337 g/mol. The Morgan fingerprint density at radius 3 is 2.62 bits per heavy atom. The minimum Gasteiger partial charge on any atom is -0.396 e. The number of ether oxygens (including phenoxy) is 1. The molecule has 8 heteroatoms. The molecule has 0 aromatic heterocycles. The summed E-state index contributed by atoms with van der Waals surface area (Å²) in [5, 5.41) is 0.0988. The van der Waals surface area contributed by atoms with E-state index in [0.29, 0.717) is 38.5 Å². The second-order valence-corrected chi connectivity index (χ2v) is 7.45.